The van der Waals surface area contributed by atoms with Crippen molar-refractivity contribution in [2.24, 2.45) is 0 Å². The quantitative estimate of drug-likeness (QED) is 0.0528. The number of para-hydroxylation sites is 1. The van der Waals surface area contributed by atoms with Crippen LogP contribution >= 0.6 is 11.6 Å². The lowest BCUT2D eigenvalue weighted by molar-refractivity contribution is -0.173. The maximum atomic E-state index is 12.8. The highest BCUT2D eigenvalue weighted by Crippen LogP contribution is 2.41. The number of hydrogen-bond donors (Lipinski definition) is 1. The Morgan fingerprint density at radius 3 is 2.11 bits per heavy atom. The van der Waals surface area contributed by atoms with E-state index >= 15 is 0 Å². The largest absolute Gasteiger partial charge is 0.494 e. The molecule has 7 rings (SSSR count). The smallest absolute Gasteiger partial charge is 0.261 e. The lowest BCUT2D eigenvalue weighted by atomic mass is 9.98. The number of aromatic nitrogens is 3. The average Bonchev–Trinajstić information content (AvgIpc) is 3.79. The zero-order valence-corrected chi connectivity index (χ0v) is 37.7. The van der Waals surface area contributed by atoms with Crippen molar-refractivity contribution in [2.45, 2.75) is 112 Å². The van der Waals surface area contributed by atoms with Crippen LogP contribution in [0.5, 0.6) is 5.75 Å². The summed E-state index contributed by atoms with van der Waals surface area (Å²) >= 11 is 6.44. The standard InChI is InChI=1S/C49H62ClN5O6/c1-32-30-36(31-33(2)43(32)50)60-27-15-20-38-37-18-14-19-41(44(37)53(24-23-52-25-28-59-29-26-52)45(38)48(58)61-49(5,6)7)42-34(3)51-55(35(42)4)22-13-9-8-12-21-54-46(56)39-16-10-11-17-40(39)47(54)57/h10-11,14,16-19,30-31,48,58H,8-9,12-13,15,20-29H2,1-7H3. The summed E-state index contributed by atoms with van der Waals surface area (Å²) < 4.78 is 22.8. The van der Waals surface area contributed by atoms with E-state index in [-0.39, 0.29) is 11.8 Å². The maximum absolute atomic E-state index is 12.8. The molecule has 0 spiro atoms. The molecule has 0 bridgehead atoms. The summed E-state index contributed by atoms with van der Waals surface area (Å²) in [6.45, 7) is 20.5. The fraction of sp³-hybridized carbons (Fsp3) is 0.490. The Balaban J connectivity index is 1.14. The van der Waals surface area contributed by atoms with Gasteiger partial charge in [0.1, 0.15) is 5.75 Å². The fourth-order valence-electron chi connectivity index (χ4n) is 9.00. The highest BCUT2D eigenvalue weighted by atomic mass is 35.5. The molecular weight excluding hydrogens is 790 g/mol. The zero-order chi connectivity index (χ0) is 43.4. The number of carbonyl (C=O) groups is 2. The van der Waals surface area contributed by atoms with Gasteiger partial charge in [0.25, 0.3) is 11.8 Å². The summed E-state index contributed by atoms with van der Waals surface area (Å²) in [6.07, 6.45) is 3.81. The van der Waals surface area contributed by atoms with E-state index in [4.69, 9.17) is 30.9 Å². The van der Waals surface area contributed by atoms with Crippen molar-refractivity contribution in [3.05, 3.63) is 105 Å². The summed E-state index contributed by atoms with van der Waals surface area (Å²) in [5.74, 6) is 0.416. The SMILES string of the molecule is Cc1cc(OCCCc2c(C(O)OC(C)(C)C)n(CCN3CCOCC3)c3c(-c4c(C)nn(CCCCCCN5C(=O)c6ccccc6C5=O)c4C)cccc23)cc(C)c1Cl. The Hall–Kier alpha value is -4.52. The second kappa shape index (κ2) is 19.3. The Morgan fingerprint density at radius 1 is 0.820 bits per heavy atom. The highest BCUT2D eigenvalue weighted by Gasteiger charge is 2.34. The number of nitrogens with zero attached hydrogens (tertiary/aromatic N) is 5. The van der Waals surface area contributed by atoms with Gasteiger partial charge in [-0.1, -0.05) is 54.8 Å². The number of imide groups is 1. The van der Waals surface area contributed by atoms with E-state index in [9.17, 15) is 14.7 Å². The molecule has 61 heavy (non-hydrogen) atoms. The van der Waals surface area contributed by atoms with Crippen molar-refractivity contribution in [1.82, 2.24) is 24.1 Å². The summed E-state index contributed by atoms with van der Waals surface area (Å²) in [5, 5.41) is 19.0. The number of fused-ring (bicyclic) bond motifs is 2. The normalized spacial score (nSPS) is 15.3. The van der Waals surface area contributed by atoms with Gasteiger partial charge in [0, 0.05) is 66.5 Å². The number of aryl methyl sites for hydroxylation is 5. The third-order valence-electron chi connectivity index (χ3n) is 12.0. The first kappa shape index (κ1) is 44.5. The number of amides is 2. The fourth-order valence-corrected chi connectivity index (χ4v) is 9.10. The van der Waals surface area contributed by atoms with Gasteiger partial charge in [0.2, 0.25) is 0 Å². The molecule has 2 aliphatic rings. The first-order chi connectivity index (χ1) is 29.2. The number of rotatable bonds is 18. The summed E-state index contributed by atoms with van der Waals surface area (Å²) in [7, 11) is 0. The molecule has 11 nitrogen and oxygen atoms in total. The minimum Gasteiger partial charge on any atom is -0.494 e. The van der Waals surface area contributed by atoms with Crippen molar-refractivity contribution >= 4 is 34.3 Å². The molecule has 0 saturated carbocycles. The predicted molar refractivity (Wildman–Crippen MR) is 241 cm³/mol. The molecule has 2 aliphatic heterocycles. The van der Waals surface area contributed by atoms with E-state index in [0.717, 1.165) is 125 Å². The topological polar surface area (TPSA) is 111 Å². The number of halogens is 1. The van der Waals surface area contributed by atoms with E-state index in [0.29, 0.717) is 50.5 Å². The molecule has 2 aromatic heterocycles. The number of aliphatic hydroxyl groups excluding tert-OH is 1. The van der Waals surface area contributed by atoms with Crippen LogP contribution in [0.15, 0.2) is 54.6 Å². The predicted octanol–water partition coefficient (Wildman–Crippen LogP) is 9.40. The second-order valence-corrected chi connectivity index (χ2v) is 17.9. The average molecular weight is 853 g/mol. The van der Waals surface area contributed by atoms with Crippen LogP contribution < -0.4 is 4.74 Å². The van der Waals surface area contributed by atoms with Crippen molar-refractivity contribution < 1.29 is 28.9 Å². The van der Waals surface area contributed by atoms with Crippen molar-refractivity contribution in [1.29, 1.82) is 0 Å². The molecule has 4 heterocycles. The second-order valence-electron chi connectivity index (χ2n) is 17.6. The van der Waals surface area contributed by atoms with Crippen molar-refractivity contribution in [3.63, 3.8) is 0 Å². The van der Waals surface area contributed by atoms with E-state index in [1.807, 2.05) is 46.8 Å². The van der Waals surface area contributed by atoms with Gasteiger partial charge in [-0.15, -0.1) is 0 Å². The molecule has 1 unspecified atom stereocenters. The molecule has 1 N–H and O–H groups in total. The summed E-state index contributed by atoms with van der Waals surface area (Å²) in [5.41, 5.74) is 9.54. The van der Waals surface area contributed by atoms with Crippen LogP contribution in [-0.4, -0.2) is 92.7 Å². The third-order valence-corrected chi connectivity index (χ3v) is 12.6. The molecule has 0 aliphatic carbocycles. The molecular formula is C49H62ClN5O6. The van der Waals surface area contributed by atoms with E-state index in [1.54, 1.807) is 24.3 Å². The van der Waals surface area contributed by atoms with Crippen LogP contribution in [0.2, 0.25) is 5.02 Å². The van der Waals surface area contributed by atoms with E-state index in [1.165, 1.54) is 4.90 Å². The summed E-state index contributed by atoms with van der Waals surface area (Å²) in [6, 6.07) is 17.5. The highest BCUT2D eigenvalue weighted by molar-refractivity contribution is 6.32. The number of morpholine rings is 1. The van der Waals surface area contributed by atoms with Gasteiger partial charge in [-0.05, 0) is 115 Å². The van der Waals surface area contributed by atoms with Gasteiger partial charge in [-0.25, -0.2) is 0 Å². The van der Waals surface area contributed by atoms with Crippen LogP contribution in [0.4, 0.5) is 0 Å². The van der Waals surface area contributed by atoms with E-state index < -0.39 is 11.9 Å². The summed E-state index contributed by atoms with van der Waals surface area (Å²) in [4.78, 5) is 29.4. The zero-order valence-electron chi connectivity index (χ0n) is 37.0. The molecule has 2 amide bonds. The van der Waals surface area contributed by atoms with Crippen LogP contribution in [0.1, 0.15) is 114 Å². The van der Waals surface area contributed by atoms with Gasteiger partial charge in [0.05, 0.1) is 53.5 Å². The van der Waals surface area contributed by atoms with Crippen LogP contribution in [0.3, 0.4) is 0 Å². The van der Waals surface area contributed by atoms with Crippen molar-refractivity contribution in [3.8, 4) is 16.9 Å². The molecule has 0 radical (unpaired) electrons. The third kappa shape index (κ3) is 9.92. The molecule has 5 aromatic rings. The van der Waals surface area contributed by atoms with Crippen LogP contribution in [-0.2, 0) is 29.0 Å². The Kier molecular flexibility index (Phi) is 14.1. The molecule has 1 atom stereocenters. The molecule has 326 valence electrons. The van der Waals surface area contributed by atoms with Gasteiger partial charge < -0.3 is 23.9 Å². The number of carbonyl (C=O) groups excluding carboxylic acids is 2. The lowest BCUT2D eigenvalue weighted by Gasteiger charge is -2.29. The minimum absolute atomic E-state index is 0.193. The van der Waals surface area contributed by atoms with Crippen LogP contribution in [0, 0.1) is 27.7 Å². The number of hydrogen-bond acceptors (Lipinski definition) is 8. The van der Waals surface area contributed by atoms with Gasteiger partial charge >= 0.3 is 0 Å². The Labute approximate surface area is 365 Å². The number of aliphatic hydroxyl groups is 1. The van der Waals surface area contributed by atoms with Gasteiger partial charge in [-0.2, -0.15) is 5.10 Å². The van der Waals surface area contributed by atoms with Gasteiger partial charge in [0.15, 0.2) is 6.29 Å². The monoisotopic (exact) mass is 851 g/mol. The Morgan fingerprint density at radius 2 is 1.46 bits per heavy atom. The molecule has 1 saturated heterocycles. The molecule has 12 heteroatoms. The Bertz CT molecular complexity index is 2310. The number of unbranched alkanes of at least 4 members (excludes halogenated alkanes) is 3. The first-order valence-electron chi connectivity index (χ1n) is 21.9. The number of benzene rings is 3. The molecule has 3 aromatic carbocycles. The van der Waals surface area contributed by atoms with Crippen molar-refractivity contribution in [2.75, 3.05) is 46.0 Å². The molecule has 1 fully saturated rings. The first-order valence-corrected chi connectivity index (χ1v) is 22.3. The number of ether oxygens (including phenoxy) is 3. The van der Waals surface area contributed by atoms with Gasteiger partial charge in [-0.3, -0.25) is 24.1 Å². The van der Waals surface area contributed by atoms with Crippen LogP contribution in [0.25, 0.3) is 22.0 Å². The van der Waals surface area contributed by atoms with E-state index in [2.05, 4.69) is 46.2 Å². The maximum Gasteiger partial charge on any atom is 0.261 e. The minimum atomic E-state index is -1.15. The lowest BCUT2D eigenvalue weighted by Crippen LogP contribution is -2.38.